The molecule has 0 radical (unpaired) electrons. The number of ether oxygens (including phenoxy) is 1. The summed E-state index contributed by atoms with van der Waals surface area (Å²) in [5.41, 5.74) is 5.70. The summed E-state index contributed by atoms with van der Waals surface area (Å²) < 4.78 is 19.9. The lowest BCUT2D eigenvalue weighted by Gasteiger charge is -2.20. The molecule has 0 fully saturated rings. The Balaban J connectivity index is 1.37. The maximum Gasteiger partial charge on any atom is 0.326 e. The number of carboxylic acid groups (broad SMARTS) is 1. The predicted molar refractivity (Wildman–Crippen MR) is 185 cm³/mol. The van der Waals surface area contributed by atoms with Gasteiger partial charge in [0.1, 0.15) is 23.4 Å². The lowest BCUT2D eigenvalue weighted by molar-refractivity contribution is -0.139. The highest BCUT2D eigenvalue weighted by Crippen LogP contribution is 2.30. The normalized spacial score (nSPS) is 11.9. The van der Waals surface area contributed by atoms with Crippen molar-refractivity contribution in [2.45, 2.75) is 45.2 Å². The van der Waals surface area contributed by atoms with Crippen molar-refractivity contribution in [2.75, 3.05) is 5.32 Å². The van der Waals surface area contributed by atoms with Gasteiger partial charge in [0.15, 0.2) is 0 Å². The number of hydrogen-bond acceptors (Lipinski definition) is 4. The van der Waals surface area contributed by atoms with Crippen LogP contribution in [0.25, 0.3) is 11.1 Å². The second kappa shape index (κ2) is 14.5. The van der Waals surface area contributed by atoms with Crippen LogP contribution in [0.4, 0.5) is 10.1 Å². The molecule has 0 spiro atoms. The highest BCUT2D eigenvalue weighted by molar-refractivity contribution is 6.30. The third-order valence-corrected chi connectivity index (χ3v) is 8.08. The fraction of sp³-hybridized carbons (Fsp3) is 0.179. The van der Waals surface area contributed by atoms with Gasteiger partial charge in [0.2, 0.25) is 0 Å². The summed E-state index contributed by atoms with van der Waals surface area (Å²) in [4.78, 5) is 26.1. The number of benzene rings is 5. The van der Waals surface area contributed by atoms with E-state index in [1.165, 1.54) is 23.8 Å². The van der Waals surface area contributed by atoms with E-state index < -0.39 is 23.7 Å². The van der Waals surface area contributed by atoms with Crippen LogP contribution in [0.3, 0.4) is 0 Å². The quantitative estimate of drug-likeness (QED) is 0.133. The van der Waals surface area contributed by atoms with Crippen molar-refractivity contribution in [2.24, 2.45) is 0 Å². The number of carboxylic acids is 1. The van der Waals surface area contributed by atoms with Gasteiger partial charge in [-0.15, -0.1) is 0 Å². The van der Waals surface area contributed by atoms with Crippen LogP contribution in [0.1, 0.15) is 47.8 Å². The first-order chi connectivity index (χ1) is 22.5. The van der Waals surface area contributed by atoms with Gasteiger partial charge in [0.25, 0.3) is 5.91 Å². The fourth-order valence-electron chi connectivity index (χ4n) is 5.06. The molecule has 47 heavy (non-hydrogen) atoms. The Morgan fingerprint density at radius 1 is 0.809 bits per heavy atom. The van der Waals surface area contributed by atoms with E-state index in [9.17, 15) is 19.1 Å². The number of aliphatic carboxylic acids is 1. The largest absolute Gasteiger partial charge is 0.480 e. The van der Waals surface area contributed by atoms with E-state index in [1.807, 2.05) is 66.7 Å². The highest BCUT2D eigenvalue weighted by atomic mass is 35.5. The summed E-state index contributed by atoms with van der Waals surface area (Å²) >= 11 is 5.82. The molecule has 0 aromatic heterocycles. The molecule has 3 N–H and O–H groups in total. The van der Waals surface area contributed by atoms with Crippen LogP contribution < -0.4 is 15.4 Å². The van der Waals surface area contributed by atoms with Gasteiger partial charge in [-0.05, 0) is 63.6 Å². The maximum atomic E-state index is 14.1. The summed E-state index contributed by atoms with van der Waals surface area (Å²) in [7, 11) is 0. The van der Waals surface area contributed by atoms with Crippen molar-refractivity contribution in [1.29, 1.82) is 0 Å². The Kier molecular flexibility index (Phi) is 10.3. The Morgan fingerprint density at radius 3 is 2.06 bits per heavy atom. The van der Waals surface area contributed by atoms with E-state index in [-0.39, 0.29) is 33.9 Å². The van der Waals surface area contributed by atoms with Crippen LogP contribution in [-0.4, -0.2) is 23.0 Å². The zero-order valence-corrected chi connectivity index (χ0v) is 27.1. The van der Waals surface area contributed by atoms with Crippen LogP contribution in [0.2, 0.25) is 5.02 Å². The third-order valence-electron chi connectivity index (χ3n) is 7.77. The minimum atomic E-state index is -1.20. The molecule has 0 saturated carbocycles. The zero-order chi connectivity index (χ0) is 33.6. The zero-order valence-electron chi connectivity index (χ0n) is 26.4. The molecule has 6 nitrogen and oxygen atoms in total. The molecule has 1 unspecified atom stereocenters. The number of nitrogens with one attached hydrogen (secondary N) is 2. The molecule has 0 bridgehead atoms. The average Bonchev–Trinajstić information content (AvgIpc) is 3.06. The topological polar surface area (TPSA) is 87.7 Å². The maximum absolute atomic E-state index is 14.1. The van der Waals surface area contributed by atoms with Crippen molar-refractivity contribution < 1.29 is 23.8 Å². The Morgan fingerprint density at radius 2 is 1.43 bits per heavy atom. The fourth-order valence-corrected chi connectivity index (χ4v) is 5.18. The second-order valence-electron chi connectivity index (χ2n) is 12.3. The van der Waals surface area contributed by atoms with Crippen molar-refractivity contribution in [3.05, 3.63) is 148 Å². The van der Waals surface area contributed by atoms with Crippen LogP contribution in [0.5, 0.6) is 11.5 Å². The smallest absolute Gasteiger partial charge is 0.326 e. The predicted octanol–water partition coefficient (Wildman–Crippen LogP) is 9.27. The molecule has 0 saturated heterocycles. The molecule has 5 aromatic rings. The van der Waals surface area contributed by atoms with E-state index in [4.69, 9.17) is 16.3 Å². The first kappa shape index (κ1) is 33.2. The molecule has 240 valence electrons. The number of amides is 1. The van der Waals surface area contributed by atoms with E-state index in [0.717, 1.165) is 28.3 Å². The van der Waals surface area contributed by atoms with Gasteiger partial charge < -0.3 is 20.5 Å². The van der Waals surface area contributed by atoms with E-state index >= 15 is 0 Å². The average molecular weight is 651 g/mol. The van der Waals surface area contributed by atoms with Gasteiger partial charge in [-0.1, -0.05) is 111 Å². The van der Waals surface area contributed by atoms with Gasteiger partial charge in [0.05, 0.1) is 10.6 Å². The van der Waals surface area contributed by atoms with Gasteiger partial charge >= 0.3 is 5.97 Å². The molecule has 1 atom stereocenters. The lowest BCUT2D eigenvalue weighted by atomic mass is 9.87. The SMILES string of the molecule is CC(C)(C)c1ccc(CNc2ccc(Oc3ccc(Cl)c(F)c3)cc2C(=O)NC(Cc2ccc(-c3ccccc3)cc2)C(=O)O)cc1. The minimum absolute atomic E-state index is 0.0185. The van der Waals surface area contributed by atoms with Crippen LogP contribution in [0.15, 0.2) is 115 Å². The van der Waals surface area contributed by atoms with Gasteiger partial charge in [-0.2, -0.15) is 0 Å². The van der Waals surface area contributed by atoms with Gasteiger partial charge in [-0.3, -0.25) is 4.79 Å². The summed E-state index contributed by atoms with van der Waals surface area (Å²) in [6.45, 7) is 6.87. The molecule has 5 rings (SSSR count). The first-order valence-electron chi connectivity index (χ1n) is 15.2. The molecule has 0 aliphatic heterocycles. The molecule has 0 aliphatic carbocycles. The van der Waals surface area contributed by atoms with Crippen LogP contribution >= 0.6 is 11.6 Å². The number of rotatable bonds is 11. The van der Waals surface area contributed by atoms with Crippen molar-refractivity contribution in [3.8, 4) is 22.6 Å². The Bertz CT molecular complexity index is 1850. The molecular formula is C39H36ClFN2O4. The molecule has 5 aromatic carbocycles. The number of anilines is 1. The minimum Gasteiger partial charge on any atom is -0.480 e. The lowest BCUT2D eigenvalue weighted by Crippen LogP contribution is -2.42. The van der Waals surface area contributed by atoms with E-state index in [0.29, 0.717) is 12.2 Å². The van der Waals surface area contributed by atoms with E-state index in [1.54, 1.807) is 12.1 Å². The van der Waals surface area contributed by atoms with Gasteiger partial charge in [-0.25, -0.2) is 9.18 Å². The third kappa shape index (κ3) is 8.77. The first-order valence-corrected chi connectivity index (χ1v) is 15.6. The number of hydrogen-bond donors (Lipinski definition) is 3. The molecular weight excluding hydrogens is 615 g/mol. The number of carbonyl (C=O) groups excluding carboxylic acids is 1. The Labute approximate surface area is 279 Å². The summed E-state index contributed by atoms with van der Waals surface area (Å²) in [5.74, 6) is -1.95. The molecule has 0 aliphatic rings. The van der Waals surface area contributed by atoms with Crippen LogP contribution in [0, 0.1) is 5.82 Å². The summed E-state index contributed by atoms with van der Waals surface area (Å²) in [5, 5.41) is 16.0. The van der Waals surface area contributed by atoms with Crippen molar-refractivity contribution in [3.63, 3.8) is 0 Å². The van der Waals surface area contributed by atoms with Crippen LogP contribution in [-0.2, 0) is 23.2 Å². The van der Waals surface area contributed by atoms with Crippen molar-refractivity contribution in [1.82, 2.24) is 5.32 Å². The highest BCUT2D eigenvalue weighted by Gasteiger charge is 2.23. The molecule has 1 amide bonds. The number of carbonyl (C=O) groups is 2. The molecule has 8 heteroatoms. The van der Waals surface area contributed by atoms with Gasteiger partial charge in [0, 0.05) is 24.7 Å². The van der Waals surface area contributed by atoms with Crippen molar-refractivity contribution >= 4 is 29.2 Å². The number of halogens is 2. The summed E-state index contributed by atoms with van der Waals surface area (Å²) in [6.07, 6.45) is 0.0826. The monoisotopic (exact) mass is 650 g/mol. The summed E-state index contributed by atoms with van der Waals surface area (Å²) in [6, 6.07) is 33.4. The standard InChI is InChI=1S/C39H36ClFN2O4/c1-39(2,3)29-15-11-26(12-16-29)24-42-35-20-18-30(47-31-17-19-33(40)34(41)23-31)22-32(35)37(44)43-36(38(45)46)21-25-9-13-28(14-10-25)27-7-5-4-6-8-27/h4-20,22-23,36,42H,21,24H2,1-3H3,(H,43,44)(H,45,46). The molecule has 0 heterocycles. The van der Waals surface area contributed by atoms with E-state index in [2.05, 4.69) is 43.5 Å². The Hall–Kier alpha value is -5.14. The second-order valence-corrected chi connectivity index (χ2v) is 12.7.